The van der Waals surface area contributed by atoms with Crippen molar-refractivity contribution in [2.75, 3.05) is 5.73 Å². The van der Waals surface area contributed by atoms with E-state index in [1.807, 2.05) is 90.2 Å². The molecule has 5 aromatic heterocycles. The zero-order valence-electron chi connectivity index (χ0n) is 26.6. The Kier molecular flexibility index (Phi) is 11.8. The molecule has 0 fully saturated rings. The maximum absolute atomic E-state index is 5.65. The third-order valence-corrected chi connectivity index (χ3v) is 7.31. The second-order valence-corrected chi connectivity index (χ2v) is 10.5. The normalized spacial score (nSPS) is 10.2. The zero-order valence-corrected chi connectivity index (χ0v) is 29.1. The van der Waals surface area contributed by atoms with Crippen molar-refractivity contribution in [2.45, 2.75) is 55.4 Å². The molecule has 0 amide bonds. The summed E-state index contributed by atoms with van der Waals surface area (Å²) < 4.78 is 3.80. The van der Waals surface area contributed by atoms with Crippen LogP contribution in [0.15, 0.2) is 79.3 Å². The molecule has 1 aromatic carbocycles. The Morgan fingerprint density at radius 2 is 1.14 bits per heavy atom. The molecule has 1 radical (unpaired) electrons. The number of nitrogens with two attached hydrogens (primary N) is 1. The molecule has 6 aromatic rings. The third kappa shape index (κ3) is 8.33. The number of hydrogen-bond donors (Lipinski definition) is 1. The van der Waals surface area contributed by atoms with Crippen molar-refractivity contribution in [3.63, 3.8) is 0 Å². The minimum absolute atomic E-state index is 0. The van der Waals surface area contributed by atoms with Crippen LogP contribution in [-0.4, -0.2) is 34.5 Å². The average molecular weight is 762 g/mol. The maximum Gasteiger partial charge on any atom is 1.00 e. The molecule has 0 aliphatic rings. The first-order valence-electron chi connectivity index (χ1n) is 14.2. The van der Waals surface area contributed by atoms with E-state index < -0.39 is 0 Å². The molecule has 9 heteroatoms. The summed E-state index contributed by atoms with van der Waals surface area (Å²) in [5.74, 6) is 1.78. The van der Waals surface area contributed by atoms with Gasteiger partial charge in [0.05, 0.1) is 11.4 Å². The summed E-state index contributed by atoms with van der Waals surface area (Å²) in [7, 11) is 0. The van der Waals surface area contributed by atoms with Gasteiger partial charge in [-0.2, -0.15) is 10.2 Å². The Balaban J connectivity index is 0.000000179. The first-order valence-corrected chi connectivity index (χ1v) is 14.2. The average Bonchev–Trinajstić information content (AvgIpc) is 3.42. The van der Waals surface area contributed by atoms with Gasteiger partial charge in [0, 0.05) is 30.0 Å². The van der Waals surface area contributed by atoms with Crippen LogP contribution in [0.25, 0.3) is 22.9 Å². The summed E-state index contributed by atoms with van der Waals surface area (Å²) in [4.78, 5) is 12.9. The van der Waals surface area contributed by atoms with E-state index in [4.69, 9.17) is 5.73 Å². The van der Waals surface area contributed by atoms with Gasteiger partial charge >= 0.3 is 19.8 Å². The molecule has 0 saturated heterocycles. The van der Waals surface area contributed by atoms with Crippen molar-refractivity contribution in [1.82, 2.24) is 34.5 Å². The SMILES string of the molecule is Cc1ccnc(-n2nc(C)c(C)c2C)c1.Cc1ccnc(-n2nc(C)c(C)c2C)c1.Nc1cc[c-]c(-c2ccccn2)c1.[Os+]. The van der Waals surface area contributed by atoms with Crippen LogP contribution in [0.2, 0.25) is 0 Å². The zero-order chi connectivity index (χ0) is 31.1. The first kappa shape index (κ1) is 34.0. The summed E-state index contributed by atoms with van der Waals surface area (Å²) in [5, 5.41) is 8.95. The fourth-order valence-electron chi connectivity index (χ4n) is 4.31. The summed E-state index contributed by atoms with van der Waals surface area (Å²) in [6, 6.07) is 22.4. The van der Waals surface area contributed by atoms with Crippen LogP contribution >= 0.6 is 0 Å². The summed E-state index contributed by atoms with van der Waals surface area (Å²) in [6.45, 7) is 16.5. The Hall–Kier alpha value is -4.47. The van der Waals surface area contributed by atoms with E-state index in [9.17, 15) is 0 Å². The minimum atomic E-state index is 0. The van der Waals surface area contributed by atoms with Gasteiger partial charge in [-0.1, -0.05) is 17.8 Å². The second-order valence-electron chi connectivity index (χ2n) is 10.5. The van der Waals surface area contributed by atoms with Crippen LogP contribution in [0.1, 0.15) is 45.0 Å². The Morgan fingerprint density at radius 1 is 0.614 bits per heavy atom. The molecule has 44 heavy (non-hydrogen) atoms. The number of aryl methyl sites for hydroxylation is 4. The molecule has 0 saturated carbocycles. The number of nitrogen functional groups attached to an aromatic ring is 1. The van der Waals surface area contributed by atoms with Crippen LogP contribution in [0, 0.1) is 61.5 Å². The summed E-state index contributed by atoms with van der Waals surface area (Å²) in [6.07, 6.45) is 5.39. The second kappa shape index (κ2) is 15.3. The van der Waals surface area contributed by atoms with E-state index in [1.54, 1.807) is 12.3 Å². The number of aromatic nitrogens is 7. The smallest absolute Gasteiger partial charge is 0.414 e. The van der Waals surface area contributed by atoms with Crippen molar-refractivity contribution in [3.8, 4) is 22.9 Å². The summed E-state index contributed by atoms with van der Waals surface area (Å²) in [5.41, 5.74) is 17.5. The van der Waals surface area contributed by atoms with Crippen molar-refractivity contribution >= 4 is 5.69 Å². The molecule has 227 valence electrons. The molecule has 2 N–H and O–H groups in total. The number of anilines is 1. The predicted molar refractivity (Wildman–Crippen MR) is 174 cm³/mol. The van der Waals surface area contributed by atoms with Gasteiger partial charge in [0.2, 0.25) is 0 Å². The van der Waals surface area contributed by atoms with Crippen molar-refractivity contribution in [1.29, 1.82) is 0 Å². The molecule has 0 bridgehead atoms. The molecule has 6 rings (SSSR count). The van der Waals surface area contributed by atoms with Gasteiger partial charge in [0.1, 0.15) is 0 Å². The molecule has 0 aliphatic carbocycles. The largest absolute Gasteiger partial charge is 1.00 e. The Morgan fingerprint density at radius 3 is 1.52 bits per heavy atom. The van der Waals surface area contributed by atoms with Gasteiger partial charge in [-0.25, -0.2) is 19.3 Å². The standard InChI is InChI=1S/2C12H15N3.C11H9N2.Os/c2*1-8-5-6-13-12(7-8)15-11(4)9(2)10(3)14-15;12-10-5-3-4-9(8-10)11-6-1-2-7-13-11;/h2*5-7H,1-4H3;1-3,5-8H,12H2;/q;;-1;+1. The van der Waals surface area contributed by atoms with Gasteiger partial charge < -0.3 is 10.7 Å². The monoisotopic (exact) mass is 763 g/mol. The van der Waals surface area contributed by atoms with E-state index in [0.29, 0.717) is 0 Å². The van der Waals surface area contributed by atoms with Gasteiger partial charge in [-0.05, 0) is 114 Å². The molecular formula is C35H39N8Os. The molecule has 8 nitrogen and oxygen atoms in total. The van der Waals surface area contributed by atoms with Crippen LogP contribution in [0.4, 0.5) is 5.69 Å². The van der Waals surface area contributed by atoms with Gasteiger partial charge in [0.15, 0.2) is 11.6 Å². The maximum atomic E-state index is 5.65. The van der Waals surface area contributed by atoms with E-state index >= 15 is 0 Å². The molecule has 5 heterocycles. The van der Waals surface area contributed by atoms with Crippen LogP contribution in [-0.2, 0) is 19.8 Å². The van der Waals surface area contributed by atoms with Crippen LogP contribution in [0.3, 0.4) is 0 Å². The molecular weight excluding hydrogens is 723 g/mol. The van der Waals surface area contributed by atoms with E-state index in [-0.39, 0.29) is 19.8 Å². The minimum Gasteiger partial charge on any atom is -0.414 e. The molecule has 0 spiro atoms. The van der Waals surface area contributed by atoms with Gasteiger partial charge in [-0.15, -0.1) is 29.8 Å². The number of pyridine rings is 3. The predicted octanol–water partition coefficient (Wildman–Crippen LogP) is 7.13. The third-order valence-electron chi connectivity index (χ3n) is 7.31. The van der Waals surface area contributed by atoms with Gasteiger partial charge in [0.25, 0.3) is 0 Å². The quantitative estimate of drug-likeness (QED) is 0.152. The summed E-state index contributed by atoms with van der Waals surface area (Å²) >= 11 is 0. The van der Waals surface area contributed by atoms with Crippen LogP contribution in [0.5, 0.6) is 0 Å². The van der Waals surface area contributed by atoms with Crippen molar-refractivity contribution < 1.29 is 19.8 Å². The molecule has 0 unspecified atom stereocenters. The van der Waals surface area contributed by atoms with E-state index in [2.05, 4.69) is 72.8 Å². The van der Waals surface area contributed by atoms with Crippen molar-refractivity contribution in [2.24, 2.45) is 0 Å². The van der Waals surface area contributed by atoms with Crippen LogP contribution < -0.4 is 5.73 Å². The molecule has 0 aliphatic heterocycles. The first-order chi connectivity index (χ1) is 20.5. The molecule has 0 atom stereocenters. The number of nitrogens with zero attached hydrogens (tertiary/aromatic N) is 7. The Bertz CT molecular complexity index is 1730. The van der Waals surface area contributed by atoms with E-state index in [0.717, 1.165) is 51.4 Å². The fraction of sp³-hybridized carbons (Fsp3) is 0.229. The topological polar surface area (TPSA) is 100 Å². The van der Waals surface area contributed by atoms with E-state index in [1.165, 1.54) is 22.3 Å². The number of hydrogen-bond acceptors (Lipinski definition) is 6. The van der Waals surface area contributed by atoms with Crippen molar-refractivity contribution in [3.05, 3.63) is 130 Å². The number of rotatable bonds is 3. The number of benzene rings is 1. The van der Waals surface area contributed by atoms with Gasteiger partial charge in [-0.3, -0.25) is 0 Å². The Labute approximate surface area is 273 Å². The fourth-order valence-corrected chi connectivity index (χ4v) is 4.31.